The summed E-state index contributed by atoms with van der Waals surface area (Å²) >= 11 is 1.64. The smallest absolute Gasteiger partial charge is 0.232 e. The molecule has 1 aromatic rings. The number of amides is 1. The highest BCUT2D eigenvalue weighted by Crippen LogP contribution is 2.33. The Labute approximate surface area is 142 Å². The molecule has 22 heavy (non-hydrogen) atoms. The summed E-state index contributed by atoms with van der Waals surface area (Å²) < 4.78 is 0. The van der Waals surface area contributed by atoms with E-state index in [0.717, 1.165) is 49.8 Å². The minimum atomic E-state index is -0.307. The molecule has 2 aliphatic rings. The largest absolute Gasteiger partial charge is 0.317 e. The summed E-state index contributed by atoms with van der Waals surface area (Å²) in [5, 5.41) is 7.21. The van der Waals surface area contributed by atoms with Gasteiger partial charge in [0.25, 0.3) is 0 Å². The number of rotatable bonds is 3. The zero-order valence-corrected chi connectivity index (χ0v) is 14.1. The van der Waals surface area contributed by atoms with Crippen LogP contribution in [0.3, 0.4) is 0 Å². The Morgan fingerprint density at radius 1 is 1.27 bits per heavy atom. The van der Waals surface area contributed by atoms with Gasteiger partial charge in [-0.05, 0) is 37.9 Å². The third kappa shape index (κ3) is 4.03. The molecule has 0 spiro atoms. The molecule has 4 nitrogen and oxygen atoms in total. The lowest BCUT2D eigenvalue weighted by Crippen LogP contribution is -2.49. The van der Waals surface area contributed by atoms with Gasteiger partial charge in [-0.2, -0.15) is 0 Å². The van der Waals surface area contributed by atoms with Gasteiger partial charge in [-0.15, -0.1) is 12.4 Å². The molecule has 1 aromatic carbocycles. The third-order valence-electron chi connectivity index (χ3n) is 4.23. The van der Waals surface area contributed by atoms with E-state index in [1.807, 2.05) is 18.2 Å². The number of aliphatic imine (C=N–C) groups is 1. The van der Waals surface area contributed by atoms with Gasteiger partial charge in [-0.1, -0.05) is 42.1 Å². The van der Waals surface area contributed by atoms with Crippen molar-refractivity contribution in [1.82, 2.24) is 10.6 Å². The second kappa shape index (κ2) is 7.99. The highest BCUT2D eigenvalue weighted by Gasteiger charge is 2.40. The van der Waals surface area contributed by atoms with E-state index >= 15 is 0 Å². The molecule has 0 atom stereocenters. The van der Waals surface area contributed by atoms with Crippen molar-refractivity contribution in [2.75, 3.05) is 25.4 Å². The summed E-state index contributed by atoms with van der Waals surface area (Å²) in [4.78, 5) is 17.2. The van der Waals surface area contributed by atoms with Gasteiger partial charge in [0, 0.05) is 5.75 Å². The maximum atomic E-state index is 12.8. The molecule has 0 aromatic heterocycles. The van der Waals surface area contributed by atoms with E-state index in [9.17, 15) is 4.79 Å². The summed E-state index contributed by atoms with van der Waals surface area (Å²) in [6, 6.07) is 10.3. The number of amidine groups is 1. The number of halogens is 1. The summed E-state index contributed by atoms with van der Waals surface area (Å²) in [6.45, 7) is 2.62. The fraction of sp³-hybridized carbons (Fsp3) is 0.500. The number of hydrogen-bond donors (Lipinski definition) is 2. The van der Waals surface area contributed by atoms with E-state index in [4.69, 9.17) is 0 Å². The van der Waals surface area contributed by atoms with Crippen molar-refractivity contribution in [3.63, 3.8) is 0 Å². The van der Waals surface area contributed by atoms with E-state index in [-0.39, 0.29) is 23.7 Å². The Kier molecular flexibility index (Phi) is 6.29. The summed E-state index contributed by atoms with van der Waals surface area (Å²) in [7, 11) is 0. The Hall–Kier alpha value is -1.04. The van der Waals surface area contributed by atoms with Gasteiger partial charge < -0.3 is 10.6 Å². The van der Waals surface area contributed by atoms with E-state index in [0.29, 0.717) is 0 Å². The van der Waals surface area contributed by atoms with Crippen LogP contribution in [-0.4, -0.2) is 36.5 Å². The van der Waals surface area contributed by atoms with Crippen molar-refractivity contribution in [2.24, 2.45) is 10.4 Å². The molecule has 2 N–H and O–H groups in total. The molecule has 120 valence electrons. The molecule has 0 unspecified atom stereocenters. The SMILES string of the molecule is Cl.O=C(NC1=NCCS1)C1(Cc2ccccc2)CCNCC1. The lowest BCUT2D eigenvalue weighted by molar-refractivity contribution is -0.131. The van der Waals surface area contributed by atoms with Crippen LogP contribution in [0, 0.1) is 5.41 Å². The van der Waals surface area contributed by atoms with E-state index in [2.05, 4.69) is 27.8 Å². The fourth-order valence-electron chi connectivity index (χ4n) is 3.02. The highest BCUT2D eigenvalue weighted by molar-refractivity contribution is 8.14. The number of thioether (sulfide) groups is 1. The third-order valence-corrected chi connectivity index (χ3v) is 5.12. The standard InChI is InChI=1S/C16H21N3OS.ClH/c20-14(19-15-18-10-11-21-15)16(6-8-17-9-7-16)12-13-4-2-1-3-5-13;/h1-5,17H,6-12H2,(H,18,19,20);1H. The molecule has 6 heteroatoms. The zero-order chi connectivity index (χ0) is 14.5. The van der Waals surface area contributed by atoms with Crippen molar-refractivity contribution in [3.8, 4) is 0 Å². The molecule has 1 fully saturated rings. The van der Waals surface area contributed by atoms with Gasteiger partial charge >= 0.3 is 0 Å². The Morgan fingerprint density at radius 3 is 2.64 bits per heavy atom. The molecular formula is C16H22ClN3OS. The first-order valence-corrected chi connectivity index (χ1v) is 8.50. The molecule has 2 aliphatic heterocycles. The molecule has 0 bridgehead atoms. The topological polar surface area (TPSA) is 53.5 Å². The van der Waals surface area contributed by atoms with Crippen LogP contribution in [0.15, 0.2) is 35.3 Å². The van der Waals surface area contributed by atoms with Crippen molar-refractivity contribution in [2.45, 2.75) is 19.3 Å². The van der Waals surface area contributed by atoms with Crippen LogP contribution < -0.4 is 10.6 Å². The first kappa shape index (κ1) is 17.3. The van der Waals surface area contributed by atoms with E-state index in [1.165, 1.54) is 5.56 Å². The molecule has 2 heterocycles. The Morgan fingerprint density at radius 2 is 2.00 bits per heavy atom. The Balaban J connectivity index is 0.00000176. The van der Waals surface area contributed by atoms with Crippen LogP contribution in [0.4, 0.5) is 0 Å². The predicted molar refractivity (Wildman–Crippen MR) is 94.8 cm³/mol. The minimum Gasteiger partial charge on any atom is -0.317 e. The maximum Gasteiger partial charge on any atom is 0.232 e. The zero-order valence-electron chi connectivity index (χ0n) is 12.5. The van der Waals surface area contributed by atoms with Gasteiger partial charge in [-0.25, -0.2) is 0 Å². The van der Waals surface area contributed by atoms with Crippen LogP contribution in [0.1, 0.15) is 18.4 Å². The Bertz CT molecular complexity index is 529. The van der Waals surface area contributed by atoms with Crippen molar-refractivity contribution >= 4 is 35.2 Å². The first-order chi connectivity index (χ1) is 10.3. The molecule has 0 radical (unpaired) electrons. The van der Waals surface area contributed by atoms with Crippen LogP contribution in [0.2, 0.25) is 0 Å². The number of carbonyl (C=O) groups is 1. The summed E-state index contributed by atoms with van der Waals surface area (Å²) in [5.41, 5.74) is 0.925. The van der Waals surface area contributed by atoms with E-state index < -0.39 is 0 Å². The molecule has 3 rings (SSSR count). The fourth-order valence-corrected chi connectivity index (χ4v) is 3.74. The predicted octanol–water partition coefficient (Wildman–Crippen LogP) is 2.24. The lowest BCUT2D eigenvalue weighted by atomic mass is 9.73. The average molecular weight is 340 g/mol. The monoisotopic (exact) mass is 339 g/mol. The second-order valence-corrected chi connectivity index (χ2v) is 6.77. The van der Waals surface area contributed by atoms with Gasteiger partial charge in [-0.3, -0.25) is 9.79 Å². The molecular weight excluding hydrogens is 318 g/mol. The average Bonchev–Trinajstić information content (AvgIpc) is 3.02. The van der Waals surface area contributed by atoms with Crippen LogP contribution in [-0.2, 0) is 11.2 Å². The molecule has 0 aliphatic carbocycles. The van der Waals surface area contributed by atoms with Gasteiger partial charge in [0.15, 0.2) is 5.17 Å². The molecule has 1 amide bonds. The normalized spacial score (nSPS) is 19.9. The van der Waals surface area contributed by atoms with Crippen LogP contribution in [0.5, 0.6) is 0 Å². The number of hydrogen-bond acceptors (Lipinski definition) is 4. The number of benzene rings is 1. The van der Waals surface area contributed by atoms with Crippen molar-refractivity contribution in [1.29, 1.82) is 0 Å². The molecule has 0 saturated carbocycles. The first-order valence-electron chi connectivity index (χ1n) is 7.52. The highest BCUT2D eigenvalue weighted by atomic mass is 35.5. The number of nitrogens with zero attached hydrogens (tertiary/aromatic N) is 1. The number of carbonyl (C=O) groups excluding carboxylic acids is 1. The van der Waals surface area contributed by atoms with E-state index in [1.54, 1.807) is 11.8 Å². The number of piperidine rings is 1. The molecule has 1 saturated heterocycles. The van der Waals surface area contributed by atoms with Crippen molar-refractivity contribution < 1.29 is 4.79 Å². The second-order valence-electron chi connectivity index (χ2n) is 5.68. The lowest BCUT2D eigenvalue weighted by Gasteiger charge is -2.36. The maximum absolute atomic E-state index is 12.8. The quantitative estimate of drug-likeness (QED) is 0.888. The minimum absolute atomic E-state index is 0. The summed E-state index contributed by atoms with van der Waals surface area (Å²) in [6.07, 6.45) is 2.57. The van der Waals surface area contributed by atoms with Crippen molar-refractivity contribution in [3.05, 3.63) is 35.9 Å². The number of nitrogens with one attached hydrogen (secondary N) is 2. The summed E-state index contributed by atoms with van der Waals surface area (Å²) in [5.74, 6) is 1.11. The van der Waals surface area contributed by atoms with Crippen LogP contribution >= 0.6 is 24.2 Å². The van der Waals surface area contributed by atoms with Gasteiger partial charge in [0.05, 0.1) is 12.0 Å². The van der Waals surface area contributed by atoms with Gasteiger partial charge in [0.2, 0.25) is 5.91 Å². The van der Waals surface area contributed by atoms with Crippen LogP contribution in [0.25, 0.3) is 0 Å². The van der Waals surface area contributed by atoms with Gasteiger partial charge in [0.1, 0.15) is 0 Å².